The second-order valence-corrected chi connectivity index (χ2v) is 3.21. The van der Waals surface area contributed by atoms with Gasteiger partial charge in [-0.15, -0.1) is 0 Å². The highest BCUT2D eigenvalue weighted by Gasteiger charge is 2.12. The van der Waals surface area contributed by atoms with E-state index >= 15 is 0 Å². The zero-order chi connectivity index (χ0) is 10.1. The fourth-order valence-electron chi connectivity index (χ4n) is 1.36. The lowest BCUT2D eigenvalue weighted by Gasteiger charge is -2.02. The molecule has 0 aliphatic heterocycles. The van der Waals surface area contributed by atoms with Gasteiger partial charge in [0, 0.05) is 10.9 Å². The van der Waals surface area contributed by atoms with E-state index in [1.54, 1.807) is 30.5 Å². The van der Waals surface area contributed by atoms with Gasteiger partial charge in [0.05, 0.1) is 6.26 Å². The van der Waals surface area contributed by atoms with Crippen LogP contribution >= 0.6 is 0 Å². The van der Waals surface area contributed by atoms with Gasteiger partial charge in [-0.25, -0.2) is 0 Å². The summed E-state index contributed by atoms with van der Waals surface area (Å²) in [4.78, 5) is 11.4. The Kier molecular flexibility index (Phi) is 2.09. The number of fused-ring (bicyclic) bond motifs is 1. The van der Waals surface area contributed by atoms with Crippen LogP contribution in [0.15, 0.2) is 34.9 Å². The molecule has 0 unspecified atom stereocenters. The van der Waals surface area contributed by atoms with Crippen molar-refractivity contribution in [1.29, 1.82) is 0 Å². The van der Waals surface area contributed by atoms with Gasteiger partial charge in [0.15, 0.2) is 5.78 Å². The summed E-state index contributed by atoms with van der Waals surface area (Å²) in [5.74, 6) is -0.270. The Morgan fingerprint density at radius 1 is 1.43 bits per heavy atom. The minimum Gasteiger partial charge on any atom is -0.464 e. The largest absolute Gasteiger partial charge is 0.464 e. The molecule has 0 spiro atoms. The summed E-state index contributed by atoms with van der Waals surface area (Å²) < 4.78 is 5.14. The Morgan fingerprint density at radius 2 is 2.21 bits per heavy atom. The molecule has 1 N–H and O–H groups in total. The lowest BCUT2D eigenvalue weighted by atomic mass is 10.1. The summed E-state index contributed by atoms with van der Waals surface area (Å²) in [7, 11) is 0. The van der Waals surface area contributed by atoms with Crippen LogP contribution in [0.5, 0.6) is 0 Å². The van der Waals surface area contributed by atoms with Crippen molar-refractivity contribution in [2.75, 3.05) is 0 Å². The van der Waals surface area contributed by atoms with Crippen LogP contribution in [0, 0.1) is 0 Å². The Hall–Kier alpha value is -1.61. The molecule has 0 aliphatic rings. The number of aliphatic hydroxyl groups excluding tert-OH is 1. The summed E-state index contributed by atoms with van der Waals surface area (Å²) in [5.41, 5.74) is 1.25. The molecule has 1 atom stereocenters. The van der Waals surface area contributed by atoms with Crippen LogP contribution in [0.1, 0.15) is 17.3 Å². The van der Waals surface area contributed by atoms with Gasteiger partial charge < -0.3 is 9.52 Å². The van der Waals surface area contributed by atoms with E-state index in [0.717, 1.165) is 11.0 Å². The Bertz CT molecular complexity index is 468. The van der Waals surface area contributed by atoms with Crippen LogP contribution in [-0.4, -0.2) is 17.0 Å². The predicted octanol–water partition coefficient (Wildman–Crippen LogP) is 2.00. The topological polar surface area (TPSA) is 50.4 Å². The van der Waals surface area contributed by atoms with E-state index in [0.29, 0.717) is 5.56 Å². The molecule has 3 nitrogen and oxygen atoms in total. The van der Waals surface area contributed by atoms with Crippen molar-refractivity contribution < 1.29 is 14.3 Å². The molecule has 72 valence electrons. The lowest BCUT2D eigenvalue weighted by Crippen LogP contribution is -2.15. The molecular formula is C11H10O3. The van der Waals surface area contributed by atoms with E-state index in [1.807, 2.05) is 0 Å². The molecule has 0 amide bonds. The minimum atomic E-state index is -0.959. The third-order valence-electron chi connectivity index (χ3n) is 2.12. The maximum Gasteiger partial charge on any atom is 0.190 e. The van der Waals surface area contributed by atoms with Gasteiger partial charge in [-0.2, -0.15) is 0 Å². The zero-order valence-electron chi connectivity index (χ0n) is 7.73. The van der Waals surface area contributed by atoms with Gasteiger partial charge >= 0.3 is 0 Å². The third-order valence-corrected chi connectivity index (χ3v) is 2.12. The quantitative estimate of drug-likeness (QED) is 0.737. The number of furan rings is 1. The van der Waals surface area contributed by atoms with Crippen LogP contribution < -0.4 is 0 Å². The molecule has 2 rings (SSSR count). The summed E-state index contributed by atoms with van der Waals surface area (Å²) in [5, 5.41) is 10.00. The fourth-order valence-corrected chi connectivity index (χ4v) is 1.36. The van der Waals surface area contributed by atoms with Crippen molar-refractivity contribution in [2.45, 2.75) is 13.0 Å². The summed E-state index contributed by atoms with van der Waals surface area (Å²) in [6.07, 6.45) is 0.612. The number of carbonyl (C=O) groups excluding carboxylic acids is 1. The molecule has 1 heterocycles. The van der Waals surface area contributed by atoms with Crippen molar-refractivity contribution in [3.63, 3.8) is 0 Å². The van der Waals surface area contributed by atoms with Gasteiger partial charge in [0.25, 0.3) is 0 Å². The average molecular weight is 190 g/mol. The standard InChI is InChI=1S/C11H10O3/c1-7(12)11(13)9-2-3-10-8(6-9)4-5-14-10/h2-7,12H,1H3/t7-/m1/s1. The SMILES string of the molecule is C[C@@H](O)C(=O)c1ccc2occc2c1. The summed E-state index contributed by atoms with van der Waals surface area (Å²) in [6.45, 7) is 1.46. The molecule has 0 aliphatic carbocycles. The Labute approximate surface area is 81.0 Å². The van der Waals surface area contributed by atoms with Crippen molar-refractivity contribution >= 4 is 16.8 Å². The van der Waals surface area contributed by atoms with E-state index in [1.165, 1.54) is 6.92 Å². The maximum atomic E-state index is 11.4. The molecule has 0 fully saturated rings. The van der Waals surface area contributed by atoms with Gasteiger partial charge in [-0.05, 0) is 31.2 Å². The molecule has 0 saturated carbocycles. The minimum absolute atomic E-state index is 0.270. The number of rotatable bonds is 2. The molecule has 1 aromatic heterocycles. The fraction of sp³-hybridized carbons (Fsp3) is 0.182. The van der Waals surface area contributed by atoms with Gasteiger partial charge in [0.1, 0.15) is 11.7 Å². The molecule has 2 aromatic rings. The number of hydrogen-bond donors (Lipinski definition) is 1. The number of ketones is 1. The molecule has 0 bridgehead atoms. The molecule has 3 heteroatoms. The number of aliphatic hydroxyl groups is 1. The molecule has 1 aromatic carbocycles. The maximum absolute atomic E-state index is 11.4. The van der Waals surface area contributed by atoms with E-state index in [-0.39, 0.29) is 5.78 Å². The highest BCUT2D eigenvalue weighted by molar-refractivity contribution is 6.01. The second kappa shape index (κ2) is 3.27. The molecule has 0 radical (unpaired) electrons. The van der Waals surface area contributed by atoms with Crippen molar-refractivity contribution in [1.82, 2.24) is 0 Å². The number of benzene rings is 1. The zero-order valence-corrected chi connectivity index (χ0v) is 7.73. The number of Topliss-reactive ketones (excluding diaryl/α,β-unsaturated/α-hetero) is 1. The molecule has 14 heavy (non-hydrogen) atoms. The third kappa shape index (κ3) is 1.42. The van der Waals surface area contributed by atoms with Crippen LogP contribution in [0.3, 0.4) is 0 Å². The van der Waals surface area contributed by atoms with Gasteiger partial charge in [0.2, 0.25) is 0 Å². The smallest absolute Gasteiger partial charge is 0.190 e. The predicted molar refractivity (Wildman–Crippen MR) is 52.2 cm³/mol. The Morgan fingerprint density at radius 3 is 2.93 bits per heavy atom. The van der Waals surface area contributed by atoms with Crippen LogP contribution in [0.2, 0.25) is 0 Å². The van der Waals surface area contributed by atoms with E-state index in [2.05, 4.69) is 0 Å². The first kappa shape index (κ1) is 8.97. The van der Waals surface area contributed by atoms with Gasteiger partial charge in [-0.1, -0.05) is 0 Å². The van der Waals surface area contributed by atoms with Crippen molar-refractivity contribution in [2.24, 2.45) is 0 Å². The van der Waals surface area contributed by atoms with Crippen LogP contribution in [-0.2, 0) is 0 Å². The van der Waals surface area contributed by atoms with Crippen LogP contribution in [0.25, 0.3) is 11.0 Å². The first-order valence-corrected chi connectivity index (χ1v) is 4.38. The lowest BCUT2D eigenvalue weighted by molar-refractivity contribution is 0.0779. The number of hydrogen-bond acceptors (Lipinski definition) is 3. The van der Waals surface area contributed by atoms with E-state index < -0.39 is 6.10 Å². The van der Waals surface area contributed by atoms with E-state index in [9.17, 15) is 4.79 Å². The van der Waals surface area contributed by atoms with E-state index in [4.69, 9.17) is 9.52 Å². The first-order chi connectivity index (χ1) is 6.68. The highest BCUT2D eigenvalue weighted by Crippen LogP contribution is 2.17. The Balaban J connectivity index is 2.48. The molecule has 0 saturated heterocycles. The van der Waals surface area contributed by atoms with Crippen molar-refractivity contribution in [3.05, 3.63) is 36.1 Å². The first-order valence-electron chi connectivity index (χ1n) is 4.38. The normalized spacial score (nSPS) is 13.0. The highest BCUT2D eigenvalue weighted by atomic mass is 16.3. The average Bonchev–Trinajstić information content (AvgIpc) is 2.62. The van der Waals surface area contributed by atoms with Crippen molar-refractivity contribution in [3.8, 4) is 0 Å². The van der Waals surface area contributed by atoms with Crippen LogP contribution in [0.4, 0.5) is 0 Å². The second-order valence-electron chi connectivity index (χ2n) is 3.21. The molecular weight excluding hydrogens is 180 g/mol. The number of carbonyl (C=O) groups is 1. The monoisotopic (exact) mass is 190 g/mol. The summed E-state index contributed by atoms with van der Waals surface area (Å²) in [6, 6.07) is 6.88. The summed E-state index contributed by atoms with van der Waals surface area (Å²) >= 11 is 0. The van der Waals surface area contributed by atoms with Gasteiger partial charge in [-0.3, -0.25) is 4.79 Å².